The van der Waals surface area contributed by atoms with Crippen molar-refractivity contribution in [2.45, 2.75) is 117 Å². The maximum absolute atomic E-state index is 15.1. The maximum atomic E-state index is 15.1. The molecule has 13 rings (SSSR count). The monoisotopic (exact) mass is 1400 g/mol. The van der Waals surface area contributed by atoms with E-state index in [0.717, 1.165) is 54.7 Å². The molecule has 2 aliphatic rings. The largest absolute Gasteiger partial charge is 0.462 e. The molecule has 2 heterocycles. The van der Waals surface area contributed by atoms with Gasteiger partial charge in [-0.05, 0) is 168 Å². The molecule has 0 saturated carbocycles. The molecule has 2 aliphatic heterocycles. The van der Waals surface area contributed by atoms with Gasteiger partial charge < -0.3 is 28.4 Å². The van der Waals surface area contributed by atoms with Crippen LogP contribution >= 0.6 is 23.5 Å². The summed E-state index contributed by atoms with van der Waals surface area (Å²) in [5, 5.41) is 5.29. The number of anilines is 2. The summed E-state index contributed by atoms with van der Waals surface area (Å²) in [5.74, 6) is -1.79. The van der Waals surface area contributed by atoms with Crippen molar-refractivity contribution in [3.8, 4) is 23.0 Å². The normalized spacial score (nSPS) is 12.9. The van der Waals surface area contributed by atoms with Crippen molar-refractivity contribution in [1.82, 2.24) is 0 Å². The number of hydrogen-bond acceptors (Lipinski definition) is 16. The summed E-state index contributed by atoms with van der Waals surface area (Å²) in [7, 11) is 0. The number of ether oxygens (including phenoxy) is 6. The van der Waals surface area contributed by atoms with Gasteiger partial charge in [0.05, 0.1) is 60.1 Å². The van der Waals surface area contributed by atoms with Crippen LogP contribution in [0.15, 0.2) is 155 Å². The predicted molar refractivity (Wildman–Crippen MR) is 403 cm³/mol. The van der Waals surface area contributed by atoms with Gasteiger partial charge in [-0.1, -0.05) is 117 Å². The molecule has 11 aromatic rings. The van der Waals surface area contributed by atoms with Crippen LogP contribution in [0.5, 0.6) is 23.0 Å². The molecule has 0 radical (unpaired) electrons. The number of esters is 4. The van der Waals surface area contributed by atoms with Crippen LogP contribution in [0.1, 0.15) is 190 Å². The predicted octanol–water partition coefficient (Wildman–Crippen LogP) is 20.6. The van der Waals surface area contributed by atoms with E-state index in [1.807, 2.05) is 64.1 Å². The first-order valence-corrected chi connectivity index (χ1v) is 37.1. The highest BCUT2D eigenvalue weighted by atomic mass is 32.2. The molecule has 0 unspecified atom stereocenters. The van der Waals surface area contributed by atoms with Gasteiger partial charge >= 0.3 is 23.9 Å². The van der Waals surface area contributed by atoms with Crippen LogP contribution in [-0.4, -0.2) is 85.4 Å². The molecule has 0 spiro atoms. The zero-order chi connectivity index (χ0) is 71.6. The number of unbranched alkanes of at least 4 members (excludes halogenated alkanes) is 4. The lowest BCUT2D eigenvalue weighted by Gasteiger charge is -2.28. The average molecular weight is 1400 g/mol. The Labute approximate surface area is 599 Å². The van der Waals surface area contributed by atoms with E-state index in [1.54, 1.807) is 121 Å². The number of carbonyl (C=O) groups is 8. The topological polar surface area (TPSA) is 198 Å². The minimum absolute atomic E-state index is 0.0410. The number of rotatable bonds is 28. The van der Waals surface area contributed by atoms with Gasteiger partial charge in [-0.15, -0.1) is 23.5 Å². The summed E-state index contributed by atoms with van der Waals surface area (Å²) < 4.78 is 38.1. The van der Waals surface area contributed by atoms with E-state index in [2.05, 4.69) is 27.7 Å². The molecule has 0 aromatic heterocycles. The van der Waals surface area contributed by atoms with Crippen LogP contribution in [0.3, 0.4) is 0 Å². The number of carbonyl (C=O) groups excluding carboxylic acids is 8. The minimum atomic E-state index is -0.767. The van der Waals surface area contributed by atoms with Gasteiger partial charge in [-0.2, -0.15) is 0 Å². The van der Waals surface area contributed by atoms with Gasteiger partial charge in [0.2, 0.25) is 0 Å². The second-order valence-corrected chi connectivity index (χ2v) is 28.7. The van der Waals surface area contributed by atoms with Gasteiger partial charge in [0.25, 0.3) is 23.6 Å². The SMILES string of the molecule is CCCCOC(=O)c1ccc2c3c(Oc4ccc(N5C(=O)c6cccc7c(SCC(C)C)ccc(c67)C5=O)cc4)cc(C(=O)OCCCC)c4c(C(=O)OCCCC)ccc(c5c(Oc6ccc(N7C(=O)c8cccc9c(SCC(C)C)ccc(c89)C7=O)cc6)cc(C(=O)OCCCC)c1c25)c43. The third-order valence-electron chi connectivity index (χ3n) is 18.4. The van der Waals surface area contributed by atoms with E-state index in [9.17, 15) is 28.8 Å². The maximum Gasteiger partial charge on any atom is 0.338 e. The molecule has 520 valence electrons. The van der Waals surface area contributed by atoms with Crippen LogP contribution in [0, 0.1) is 11.8 Å². The van der Waals surface area contributed by atoms with Crippen LogP contribution in [0.2, 0.25) is 0 Å². The van der Waals surface area contributed by atoms with Crippen LogP contribution in [-0.2, 0) is 18.9 Å². The molecule has 0 aliphatic carbocycles. The van der Waals surface area contributed by atoms with Crippen molar-refractivity contribution < 1.29 is 66.8 Å². The molecule has 4 amide bonds. The molecule has 0 N–H and O–H groups in total. The Morgan fingerprint density at radius 2 is 0.686 bits per heavy atom. The minimum Gasteiger partial charge on any atom is -0.462 e. The Morgan fingerprint density at radius 3 is 1.02 bits per heavy atom. The van der Waals surface area contributed by atoms with Crippen molar-refractivity contribution in [1.29, 1.82) is 0 Å². The molecular weight excluding hydrogens is 1330 g/mol. The van der Waals surface area contributed by atoms with Crippen LogP contribution in [0.25, 0.3) is 64.6 Å². The first-order valence-electron chi connectivity index (χ1n) is 35.1. The van der Waals surface area contributed by atoms with Gasteiger partial charge in [0.15, 0.2) is 0 Å². The third-order valence-corrected chi connectivity index (χ3v) is 21.4. The first-order chi connectivity index (χ1) is 49.5. The van der Waals surface area contributed by atoms with Crippen molar-refractivity contribution in [3.63, 3.8) is 0 Å². The fourth-order valence-corrected chi connectivity index (χ4v) is 15.4. The third kappa shape index (κ3) is 13.1. The molecule has 18 heteroatoms. The molecule has 11 aromatic carbocycles. The molecule has 0 bridgehead atoms. The Bertz CT molecular complexity index is 4830. The van der Waals surface area contributed by atoms with Gasteiger partial charge in [0, 0.05) is 86.6 Å². The summed E-state index contributed by atoms with van der Waals surface area (Å²) in [5.41, 5.74) is 2.10. The Balaban J connectivity index is 1.00. The fraction of sp³-hybridized carbons (Fsp3) is 0.286. The fourth-order valence-electron chi connectivity index (χ4n) is 13.4. The Hall–Kier alpha value is -10.3. The highest BCUT2D eigenvalue weighted by molar-refractivity contribution is 7.99. The van der Waals surface area contributed by atoms with E-state index >= 15 is 9.59 Å². The second-order valence-electron chi connectivity index (χ2n) is 26.5. The smallest absolute Gasteiger partial charge is 0.338 e. The Morgan fingerprint density at radius 1 is 0.353 bits per heavy atom. The molecule has 102 heavy (non-hydrogen) atoms. The summed E-state index contributed by atoms with van der Waals surface area (Å²) in [4.78, 5) is 123. The van der Waals surface area contributed by atoms with E-state index in [0.29, 0.717) is 116 Å². The molecule has 0 atom stereocenters. The van der Waals surface area contributed by atoms with Crippen molar-refractivity contribution in [2.75, 3.05) is 47.7 Å². The lowest BCUT2D eigenvalue weighted by Crippen LogP contribution is -2.40. The molecule has 0 saturated heterocycles. The van der Waals surface area contributed by atoms with E-state index in [-0.39, 0.29) is 93.8 Å². The number of thioether (sulfide) groups is 2. The summed E-state index contributed by atoms with van der Waals surface area (Å²) in [6.07, 6.45) is 5.08. The van der Waals surface area contributed by atoms with Crippen LogP contribution < -0.4 is 19.3 Å². The molecular formula is C84H78N2O14S2. The highest BCUT2D eigenvalue weighted by Gasteiger charge is 2.38. The standard InChI is InChI=1S/C84H78N2O14S2/c1-9-13-39-95-81(91)61-33-31-55-74-66(100-52-29-25-50(26-30-52)86-78(88)58-22-18-20-54-68(102-46-48(7)8)38-36-60(70(54)58)80(86)90)44-64(84(94)98-42-16-12-4)72-62(82(92)96-40-14-10-2)34-32-56(76(72)74)73-65(43-63(71(61)75(55)73)83(93)97-41-15-11-3)99-51-27-23-49(24-28-51)85-77(87)57-21-17-19-53-67(101-45-47(5)6)37-35-59(69(53)57)79(85)89/h17-38,43-44,47-48H,9-16,39-42,45-46H2,1-8H3. The Kier molecular flexibility index (Phi) is 20.7. The number of amides is 4. The van der Waals surface area contributed by atoms with E-state index < -0.39 is 47.5 Å². The zero-order valence-corrected chi connectivity index (χ0v) is 60.0. The van der Waals surface area contributed by atoms with Crippen LogP contribution in [0.4, 0.5) is 11.4 Å². The number of imide groups is 2. The highest BCUT2D eigenvalue weighted by Crippen LogP contribution is 2.53. The van der Waals surface area contributed by atoms with Gasteiger partial charge in [-0.3, -0.25) is 19.2 Å². The molecule has 16 nitrogen and oxygen atoms in total. The number of fused-ring (bicyclic) bond motifs is 2. The van der Waals surface area contributed by atoms with Crippen molar-refractivity contribution >= 4 is 147 Å². The lowest BCUT2D eigenvalue weighted by molar-refractivity contribution is 0.0484. The van der Waals surface area contributed by atoms with E-state index in [1.165, 1.54) is 12.1 Å². The quantitative estimate of drug-likeness (QED) is 0.00852. The number of nitrogens with zero attached hydrogens (tertiary/aromatic N) is 2. The number of hydrogen-bond donors (Lipinski definition) is 0. The van der Waals surface area contributed by atoms with Crippen molar-refractivity contribution in [2.24, 2.45) is 11.8 Å². The summed E-state index contributed by atoms with van der Waals surface area (Å²) in [6.45, 7) is 16.7. The summed E-state index contributed by atoms with van der Waals surface area (Å²) in [6, 6.07) is 40.9. The summed E-state index contributed by atoms with van der Waals surface area (Å²) >= 11 is 3.37. The zero-order valence-electron chi connectivity index (χ0n) is 58.3. The molecule has 0 fully saturated rings. The second kappa shape index (κ2) is 30.1. The average Bonchev–Trinajstić information content (AvgIpc) is 0.689. The van der Waals surface area contributed by atoms with Crippen molar-refractivity contribution in [3.05, 3.63) is 190 Å². The lowest BCUT2D eigenvalue weighted by atomic mass is 9.83. The number of benzene rings is 11. The van der Waals surface area contributed by atoms with E-state index in [4.69, 9.17) is 28.4 Å². The first kappa shape index (κ1) is 70.1. The van der Waals surface area contributed by atoms with Gasteiger partial charge in [-0.25, -0.2) is 29.0 Å². The van der Waals surface area contributed by atoms with Gasteiger partial charge in [0.1, 0.15) is 23.0 Å².